The van der Waals surface area contributed by atoms with Crippen LogP contribution in [0.3, 0.4) is 0 Å². The lowest BCUT2D eigenvalue weighted by atomic mass is 9.72. The molecule has 1 aliphatic heterocycles. The van der Waals surface area contributed by atoms with Crippen molar-refractivity contribution in [3.05, 3.63) is 0 Å². The van der Waals surface area contributed by atoms with Crippen molar-refractivity contribution in [2.75, 3.05) is 6.61 Å². The first-order chi connectivity index (χ1) is 6.22. The normalized spacial score (nSPS) is 53.3. The largest absolute Gasteiger partial charge is 0.465 e. The Morgan fingerprint density at radius 3 is 2.77 bits per heavy atom. The molecule has 3 aliphatic rings. The highest BCUT2D eigenvalue weighted by molar-refractivity contribution is 14.1. The Morgan fingerprint density at radius 1 is 1.46 bits per heavy atom. The second-order valence-electron chi connectivity index (χ2n) is 4.69. The lowest BCUT2D eigenvalue weighted by Crippen LogP contribution is -2.34. The Hall–Kier alpha value is 0.200. The van der Waals surface area contributed by atoms with Crippen molar-refractivity contribution in [1.82, 2.24) is 0 Å². The molecule has 3 heteroatoms. The number of carbonyl (C=O) groups excluding carboxylic acids is 1. The molecule has 3 unspecified atom stereocenters. The molecule has 0 amide bonds. The third kappa shape index (κ3) is 0.969. The van der Waals surface area contributed by atoms with E-state index in [1.165, 1.54) is 12.8 Å². The quantitative estimate of drug-likeness (QED) is 0.388. The monoisotopic (exact) mass is 292 g/mol. The van der Waals surface area contributed by atoms with E-state index in [0.717, 1.165) is 22.7 Å². The first-order valence-corrected chi connectivity index (χ1v) is 6.28. The van der Waals surface area contributed by atoms with E-state index in [9.17, 15) is 4.79 Å². The van der Waals surface area contributed by atoms with E-state index < -0.39 is 0 Å². The summed E-state index contributed by atoms with van der Waals surface area (Å²) in [6.07, 6.45) is 4.64. The second kappa shape index (κ2) is 2.61. The fourth-order valence-electron chi connectivity index (χ4n) is 3.50. The molecule has 1 saturated heterocycles. The lowest BCUT2D eigenvalue weighted by Gasteiger charge is -2.31. The van der Waals surface area contributed by atoms with Gasteiger partial charge in [0.2, 0.25) is 0 Å². The van der Waals surface area contributed by atoms with E-state index in [4.69, 9.17) is 4.74 Å². The van der Waals surface area contributed by atoms with E-state index in [2.05, 4.69) is 22.6 Å². The number of hydrogen-bond acceptors (Lipinski definition) is 2. The number of halogens is 1. The number of fused-ring (bicyclic) bond motifs is 3. The van der Waals surface area contributed by atoms with Gasteiger partial charge in [0.05, 0.1) is 12.0 Å². The van der Waals surface area contributed by atoms with Crippen LogP contribution in [0, 0.1) is 17.3 Å². The number of ether oxygens (including phenoxy) is 1. The smallest absolute Gasteiger partial charge is 0.312 e. The van der Waals surface area contributed by atoms with Crippen molar-refractivity contribution in [3.8, 4) is 0 Å². The first-order valence-electron chi connectivity index (χ1n) is 5.04. The second-order valence-corrected chi connectivity index (χ2v) is 6.29. The summed E-state index contributed by atoms with van der Waals surface area (Å²) in [5.74, 6) is 1.56. The topological polar surface area (TPSA) is 26.3 Å². The van der Waals surface area contributed by atoms with E-state index in [1.54, 1.807) is 0 Å². The molecule has 3 fully saturated rings. The van der Waals surface area contributed by atoms with Gasteiger partial charge in [-0.25, -0.2) is 0 Å². The van der Waals surface area contributed by atoms with Crippen LogP contribution in [-0.2, 0) is 9.53 Å². The summed E-state index contributed by atoms with van der Waals surface area (Å²) in [6, 6.07) is 0. The zero-order valence-corrected chi connectivity index (χ0v) is 9.62. The van der Waals surface area contributed by atoms with Crippen molar-refractivity contribution in [2.24, 2.45) is 17.3 Å². The summed E-state index contributed by atoms with van der Waals surface area (Å²) in [4.78, 5) is 11.7. The predicted molar refractivity (Wildman–Crippen MR) is 56.6 cm³/mol. The van der Waals surface area contributed by atoms with Crippen molar-refractivity contribution in [2.45, 2.75) is 29.6 Å². The third-order valence-electron chi connectivity index (χ3n) is 4.20. The van der Waals surface area contributed by atoms with Gasteiger partial charge in [-0.15, -0.1) is 0 Å². The molecular formula is C10H13IO2. The molecule has 2 bridgehead atoms. The number of alkyl halides is 1. The maximum absolute atomic E-state index is 11.7. The summed E-state index contributed by atoms with van der Waals surface area (Å²) < 4.78 is 5.96. The van der Waals surface area contributed by atoms with Gasteiger partial charge in [0.25, 0.3) is 0 Å². The van der Waals surface area contributed by atoms with Crippen molar-refractivity contribution < 1.29 is 9.53 Å². The van der Waals surface area contributed by atoms with Gasteiger partial charge in [-0.2, -0.15) is 0 Å². The summed E-state index contributed by atoms with van der Waals surface area (Å²) in [5.41, 5.74) is -0.0215. The molecule has 72 valence electrons. The van der Waals surface area contributed by atoms with E-state index in [1.807, 2.05) is 0 Å². The first kappa shape index (κ1) is 8.50. The van der Waals surface area contributed by atoms with E-state index in [0.29, 0.717) is 12.5 Å². The highest BCUT2D eigenvalue weighted by Gasteiger charge is 2.60. The average molecular weight is 292 g/mol. The zero-order chi connectivity index (χ0) is 9.05. The Morgan fingerprint density at radius 2 is 2.31 bits per heavy atom. The minimum absolute atomic E-state index is 0.0215. The highest BCUT2D eigenvalue weighted by atomic mass is 127. The number of cyclic esters (lactones) is 1. The average Bonchev–Trinajstić information content (AvgIpc) is 2.70. The van der Waals surface area contributed by atoms with Crippen LogP contribution >= 0.6 is 22.6 Å². The standard InChI is InChI=1S/C10H13IO2/c11-8-4-7-3-6(8)5-10(7)1-2-13-9(10)12/h6-8H,1-5H2/t6?,7?,8?,10-/m0/s1. The molecule has 13 heavy (non-hydrogen) atoms. The Balaban J connectivity index is 1.92. The van der Waals surface area contributed by atoms with Crippen LogP contribution in [0.1, 0.15) is 25.7 Å². The van der Waals surface area contributed by atoms with Gasteiger partial charge < -0.3 is 4.74 Å². The summed E-state index contributed by atoms with van der Waals surface area (Å²) in [6.45, 7) is 0.675. The zero-order valence-electron chi connectivity index (χ0n) is 7.46. The van der Waals surface area contributed by atoms with Crippen molar-refractivity contribution in [3.63, 3.8) is 0 Å². The highest BCUT2D eigenvalue weighted by Crippen LogP contribution is 2.61. The van der Waals surface area contributed by atoms with Gasteiger partial charge in [0, 0.05) is 3.92 Å². The van der Waals surface area contributed by atoms with Crippen LogP contribution in [-0.4, -0.2) is 16.5 Å². The van der Waals surface area contributed by atoms with Crippen molar-refractivity contribution in [1.29, 1.82) is 0 Å². The predicted octanol–water partition coefficient (Wildman–Crippen LogP) is 2.15. The molecular weight excluding hydrogens is 279 g/mol. The minimum Gasteiger partial charge on any atom is -0.465 e. The fraction of sp³-hybridized carbons (Fsp3) is 0.900. The number of hydrogen-bond donors (Lipinski definition) is 0. The van der Waals surface area contributed by atoms with Crippen LogP contribution in [0.25, 0.3) is 0 Å². The van der Waals surface area contributed by atoms with Gasteiger partial charge >= 0.3 is 5.97 Å². The van der Waals surface area contributed by atoms with Crippen LogP contribution < -0.4 is 0 Å². The van der Waals surface area contributed by atoms with Gasteiger partial charge in [-0.05, 0) is 37.5 Å². The van der Waals surface area contributed by atoms with Gasteiger partial charge in [0.15, 0.2) is 0 Å². The molecule has 0 radical (unpaired) electrons. The molecule has 2 nitrogen and oxygen atoms in total. The van der Waals surface area contributed by atoms with Gasteiger partial charge in [-0.3, -0.25) is 4.79 Å². The lowest BCUT2D eigenvalue weighted by molar-refractivity contribution is -0.148. The van der Waals surface area contributed by atoms with Gasteiger partial charge in [-0.1, -0.05) is 22.6 Å². The Bertz CT molecular complexity index is 264. The van der Waals surface area contributed by atoms with Crippen LogP contribution in [0.15, 0.2) is 0 Å². The molecule has 2 saturated carbocycles. The Labute approximate surface area is 91.5 Å². The molecule has 1 spiro atoms. The third-order valence-corrected chi connectivity index (χ3v) is 5.73. The number of carbonyl (C=O) groups is 1. The minimum atomic E-state index is -0.0215. The SMILES string of the molecule is O=C1OCC[C@@]12CC1CC2CC1I. The number of esters is 1. The van der Waals surface area contributed by atoms with Crippen LogP contribution in [0.4, 0.5) is 0 Å². The van der Waals surface area contributed by atoms with Gasteiger partial charge in [0.1, 0.15) is 0 Å². The van der Waals surface area contributed by atoms with E-state index in [-0.39, 0.29) is 11.4 Å². The Kier molecular flexibility index (Phi) is 1.71. The molecule has 2 aliphatic carbocycles. The number of rotatable bonds is 0. The summed E-state index contributed by atoms with van der Waals surface area (Å²) >= 11 is 2.55. The van der Waals surface area contributed by atoms with Crippen LogP contribution in [0.5, 0.6) is 0 Å². The maximum atomic E-state index is 11.7. The molecule has 4 atom stereocenters. The molecule has 0 aromatic carbocycles. The molecule has 0 aromatic rings. The van der Waals surface area contributed by atoms with E-state index >= 15 is 0 Å². The fourth-order valence-corrected chi connectivity index (χ4v) is 4.66. The molecule has 0 N–H and O–H groups in total. The van der Waals surface area contributed by atoms with Crippen molar-refractivity contribution >= 4 is 28.6 Å². The molecule has 0 aromatic heterocycles. The maximum Gasteiger partial charge on any atom is 0.312 e. The summed E-state index contributed by atoms with van der Waals surface area (Å²) in [5, 5.41) is 0. The molecule has 1 heterocycles. The summed E-state index contributed by atoms with van der Waals surface area (Å²) in [7, 11) is 0. The molecule has 3 rings (SSSR count). The van der Waals surface area contributed by atoms with Crippen LogP contribution in [0.2, 0.25) is 0 Å².